The van der Waals surface area contributed by atoms with Crippen molar-refractivity contribution in [1.29, 1.82) is 0 Å². The molecule has 2 rings (SSSR count). The van der Waals surface area contributed by atoms with Crippen LogP contribution in [0.1, 0.15) is 5.56 Å². The Morgan fingerprint density at radius 1 is 1.07 bits per heavy atom. The van der Waals surface area contributed by atoms with Gasteiger partial charge in [-0.15, -0.1) is 0 Å². The van der Waals surface area contributed by atoms with Gasteiger partial charge < -0.3 is 4.90 Å². The van der Waals surface area contributed by atoms with Crippen molar-refractivity contribution in [3.8, 4) is 0 Å². The third-order valence-electron chi connectivity index (χ3n) is 2.92. The number of hydrogen-bond acceptors (Lipinski definition) is 2. The first kappa shape index (κ1) is 10.6. The van der Waals surface area contributed by atoms with E-state index in [0.29, 0.717) is 0 Å². The molecule has 82 valence electrons. The van der Waals surface area contributed by atoms with Crippen molar-refractivity contribution >= 4 is 0 Å². The van der Waals surface area contributed by atoms with Gasteiger partial charge in [0.15, 0.2) is 0 Å². The fourth-order valence-corrected chi connectivity index (χ4v) is 1.85. The normalized spacial score (nSPS) is 19.3. The molecule has 0 atom stereocenters. The summed E-state index contributed by atoms with van der Waals surface area (Å²) < 4.78 is 12.7. The van der Waals surface area contributed by atoms with Gasteiger partial charge in [0, 0.05) is 32.7 Å². The van der Waals surface area contributed by atoms with Gasteiger partial charge in [-0.3, -0.25) is 4.90 Å². The number of likely N-dealkylation sites (N-methyl/N-ethyl adjacent to an activating group) is 1. The molecule has 0 amide bonds. The summed E-state index contributed by atoms with van der Waals surface area (Å²) in [6.45, 7) is 5.40. The number of hydrogen-bond donors (Lipinski definition) is 0. The van der Waals surface area contributed by atoms with E-state index in [1.807, 2.05) is 12.1 Å². The zero-order valence-corrected chi connectivity index (χ0v) is 9.12. The minimum absolute atomic E-state index is 0.155. The monoisotopic (exact) mass is 207 g/mol. The van der Waals surface area contributed by atoms with Crippen LogP contribution >= 0.6 is 0 Å². The number of nitrogens with zero attached hydrogens (tertiary/aromatic N) is 2. The van der Waals surface area contributed by atoms with Gasteiger partial charge in [-0.05, 0) is 24.7 Å². The van der Waals surface area contributed by atoms with E-state index in [-0.39, 0.29) is 5.82 Å². The Hall–Kier alpha value is -0.930. The van der Waals surface area contributed by atoms with Gasteiger partial charge in [-0.2, -0.15) is 0 Å². The van der Waals surface area contributed by atoms with Crippen molar-refractivity contribution in [1.82, 2.24) is 9.80 Å². The summed E-state index contributed by atoms with van der Waals surface area (Å²) >= 11 is 0. The quantitative estimate of drug-likeness (QED) is 0.726. The molecule has 0 aromatic heterocycles. The van der Waals surface area contributed by atoms with Crippen LogP contribution in [0.15, 0.2) is 24.3 Å². The molecule has 0 spiro atoms. The molecule has 1 heterocycles. The lowest BCUT2D eigenvalue weighted by Gasteiger charge is -2.32. The second-order valence-corrected chi connectivity index (χ2v) is 4.21. The average molecular weight is 207 g/mol. The molecule has 3 heteroatoms. The van der Waals surface area contributed by atoms with Crippen LogP contribution in [0.3, 0.4) is 0 Å². The summed E-state index contributed by atoms with van der Waals surface area (Å²) in [5, 5.41) is 0. The van der Waals surface area contributed by atoms with Gasteiger partial charge in [0.1, 0.15) is 5.82 Å². The molecule has 1 fully saturated rings. The summed E-state index contributed by atoms with van der Waals surface area (Å²) in [4.78, 5) is 4.74. The standard InChI is InChI=1S/C12H17FN2/c1-14-6-8-15(9-7-14)10-11-2-4-12(13)5-3-11/h2-5H,6-10H2,1H3/i13-1. The molecule has 15 heavy (non-hydrogen) atoms. The van der Waals surface area contributed by atoms with Gasteiger partial charge in [0.05, 0.1) is 0 Å². The lowest BCUT2D eigenvalue weighted by Crippen LogP contribution is -2.43. The molecule has 0 radical (unpaired) electrons. The lowest BCUT2D eigenvalue weighted by atomic mass is 10.2. The summed E-state index contributed by atoms with van der Waals surface area (Å²) in [5.41, 5.74) is 1.20. The van der Waals surface area contributed by atoms with Crippen LogP contribution in [0.4, 0.5) is 4.39 Å². The van der Waals surface area contributed by atoms with Crippen LogP contribution in [0.5, 0.6) is 0 Å². The lowest BCUT2D eigenvalue weighted by molar-refractivity contribution is 0.148. The van der Waals surface area contributed by atoms with E-state index in [9.17, 15) is 4.39 Å². The zero-order chi connectivity index (χ0) is 10.7. The average Bonchev–Trinajstić information content (AvgIpc) is 2.25. The van der Waals surface area contributed by atoms with Crippen molar-refractivity contribution in [2.24, 2.45) is 0 Å². The highest BCUT2D eigenvalue weighted by molar-refractivity contribution is 5.15. The summed E-state index contributed by atoms with van der Waals surface area (Å²) in [5.74, 6) is -0.155. The molecule has 0 N–H and O–H groups in total. The third kappa shape index (κ3) is 3.01. The van der Waals surface area contributed by atoms with E-state index in [1.165, 1.54) is 17.7 Å². The molecular weight excluding hydrogens is 190 g/mol. The molecular formula is C12H17FN2. The SMILES string of the molecule is CN1CCN(Cc2ccc([18F])cc2)CC1. The van der Waals surface area contributed by atoms with Crippen LogP contribution < -0.4 is 0 Å². The van der Waals surface area contributed by atoms with E-state index in [0.717, 1.165) is 32.7 Å². The van der Waals surface area contributed by atoms with Crippen LogP contribution in [0.25, 0.3) is 0 Å². The summed E-state index contributed by atoms with van der Waals surface area (Å²) in [7, 11) is 2.15. The van der Waals surface area contributed by atoms with Gasteiger partial charge >= 0.3 is 0 Å². The van der Waals surface area contributed by atoms with Crippen LogP contribution in [0.2, 0.25) is 0 Å². The highest BCUT2D eigenvalue weighted by atomic mass is 18.2. The Morgan fingerprint density at radius 3 is 2.27 bits per heavy atom. The predicted molar refractivity (Wildman–Crippen MR) is 59.2 cm³/mol. The molecule has 1 saturated heterocycles. The smallest absolute Gasteiger partial charge is 0.123 e. The molecule has 2 nitrogen and oxygen atoms in total. The van der Waals surface area contributed by atoms with Crippen LogP contribution in [-0.2, 0) is 6.54 Å². The van der Waals surface area contributed by atoms with Crippen molar-refractivity contribution in [2.75, 3.05) is 33.2 Å². The Balaban J connectivity index is 1.89. The fraction of sp³-hybridized carbons (Fsp3) is 0.500. The number of rotatable bonds is 2. The summed E-state index contributed by atoms with van der Waals surface area (Å²) in [6, 6.07) is 6.80. The molecule has 1 aromatic rings. The third-order valence-corrected chi connectivity index (χ3v) is 2.92. The first-order chi connectivity index (χ1) is 7.24. The van der Waals surface area contributed by atoms with Gasteiger partial charge in [-0.1, -0.05) is 12.1 Å². The molecule has 1 aromatic carbocycles. The van der Waals surface area contributed by atoms with Crippen LogP contribution in [-0.4, -0.2) is 43.0 Å². The topological polar surface area (TPSA) is 6.48 Å². The Kier molecular flexibility index (Phi) is 3.34. The second-order valence-electron chi connectivity index (χ2n) is 4.21. The minimum Gasteiger partial charge on any atom is -0.304 e. The molecule has 0 bridgehead atoms. The Bertz CT molecular complexity index is 302. The van der Waals surface area contributed by atoms with E-state index < -0.39 is 0 Å². The first-order valence-electron chi connectivity index (χ1n) is 5.39. The van der Waals surface area contributed by atoms with E-state index in [2.05, 4.69) is 16.8 Å². The zero-order valence-electron chi connectivity index (χ0n) is 9.12. The number of piperazine rings is 1. The Morgan fingerprint density at radius 2 is 1.67 bits per heavy atom. The van der Waals surface area contributed by atoms with E-state index >= 15 is 0 Å². The number of benzene rings is 1. The van der Waals surface area contributed by atoms with Crippen molar-refractivity contribution in [2.45, 2.75) is 6.54 Å². The van der Waals surface area contributed by atoms with Gasteiger partial charge in [0.2, 0.25) is 0 Å². The minimum atomic E-state index is -0.155. The molecule has 0 saturated carbocycles. The highest BCUT2D eigenvalue weighted by Gasteiger charge is 2.13. The molecule has 0 unspecified atom stereocenters. The maximum absolute atomic E-state index is 12.7. The first-order valence-corrected chi connectivity index (χ1v) is 5.39. The number of halogens is 1. The molecule has 0 aliphatic carbocycles. The largest absolute Gasteiger partial charge is 0.304 e. The van der Waals surface area contributed by atoms with Crippen molar-refractivity contribution in [3.05, 3.63) is 35.6 Å². The summed E-state index contributed by atoms with van der Waals surface area (Å²) in [6.07, 6.45) is 0. The highest BCUT2D eigenvalue weighted by Crippen LogP contribution is 2.08. The van der Waals surface area contributed by atoms with Crippen LogP contribution in [0, 0.1) is 5.82 Å². The predicted octanol–water partition coefficient (Wildman–Crippen LogP) is 1.57. The van der Waals surface area contributed by atoms with Crippen molar-refractivity contribution < 1.29 is 4.39 Å². The maximum Gasteiger partial charge on any atom is 0.123 e. The van der Waals surface area contributed by atoms with Crippen molar-refractivity contribution in [3.63, 3.8) is 0 Å². The van der Waals surface area contributed by atoms with E-state index in [4.69, 9.17) is 0 Å². The fourth-order valence-electron chi connectivity index (χ4n) is 1.85. The van der Waals surface area contributed by atoms with E-state index in [1.54, 1.807) is 0 Å². The maximum atomic E-state index is 12.7. The second kappa shape index (κ2) is 4.73. The Labute approximate surface area is 90.3 Å². The molecule has 1 aliphatic heterocycles. The van der Waals surface area contributed by atoms with Gasteiger partial charge in [0.25, 0.3) is 0 Å². The molecule has 1 aliphatic rings. The van der Waals surface area contributed by atoms with Gasteiger partial charge in [-0.25, -0.2) is 4.39 Å².